The molecule has 1 N–H and O–H groups in total. The quantitative estimate of drug-likeness (QED) is 0.827. The summed E-state index contributed by atoms with van der Waals surface area (Å²) in [6.45, 7) is 1.88. The van der Waals surface area contributed by atoms with E-state index in [4.69, 9.17) is 4.74 Å². The molecule has 0 aliphatic rings. The van der Waals surface area contributed by atoms with Crippen molar-refractivity contribution in [1.82, 2.24) is 10.3 Å². The van der Waals surface area contributed by atoms with Crippen molar-refractivity contribution in [2.75, 3.05) is 20.3 Å². The summed E-state index contributed by atoms with van der Waals surface area (Å²) in [6, 6.07) is 5.21. The fraction of sp³-hybridized carbons (Fsp3) is 0.357. The van der Waals surface area contributed by atoms with Crippen LogP contribution in [0.3, 0.4) is 0 Å². The van der Waals surface area contributed by atoms with Crippen LogP contribution < -0.4 is 5.32 Å². The molecule has 3 nitrogen and oxygen atoms in total. The van der Waals surface area contributed by atoms with Crippen molar-refractivity contribution in [3.63, 3.8) is 0 Å². The van der Waals surface area contributed by atoms with Crippen LogP contribution >= 0.6 is 11.3 Å². The van der Waals surface area contributed by atoms with Crippen molar-refractivity contribution in [2.45, 2.75) is 12.7 Å². The van der Waals surface area contributed by atoms with E-state index in [1.165, 1.54) is 17.4 Å². The van der Waals surface area contributed by atoms with E-state index in [-0.39, 0.29) is 0 Å². The monoisotopic (exact) mass is 316 g/mol. The molecule has 1 aromatic carbocycles. The molecule has 0 unspecified atom stereocenters. The van der Waals surface area contributed by atoms with Gasteiger partial charge in [-0.15, -0.1) is 11.3 Å². The summed E-state index contributed by atoms with van der Waals surface area (Å²) in [5.41, 5.74) is 0.381. The summed E-state index contributed by atoms with van der Waals surface area (Å²) in [5.74, 6) is 0. The highest BCUT2D eigenvalue weighted by Crippen LogP contribution is 2.32. The van der Waals surface area contributed by atoms with Gasteiger partial charge in [0, 0.05) is 31.1 Å². The maximum atomic E-state index is 12.7. The molecule has 1 heterocycles. The average Bonchev–Trinajstić information content (AvgIpc) is 2.92. The number of alkyl halides is 3. The highest BCUT2D eigenvalue weighted by atomic mass is 32.1. The number of methoxy groups -OCH3 is 1. The molecule has 2 rings (SSSR count). The molecule has 114 valence electrons. The molecule has 0 radical (unpaired) electrons. The van der Waals surface area contributed by atoms with Gasteiger partial charge in [0.1, 0.15) is 5.01 Å². The third-order valence-corrected chi connectivity index (χ3v) is 3.65. The summed E-state index contributed by atoms with van der Waals surface area (Å²) in [7, 11) is 1.62. The molecule has 0 saturated carbocycles. The van der Waals surface area contributed by atoms with E-state index in [1.54, 1.807) is 18.6 Å². The van der Waals surface area contributed by atoms with Gasteiger partial charge in [0.15, 0.2) is 0 Å². The fourth-order valence-corrected chi connectivity index (χ4v) is 2.52. The highest BCUT2D eigenvalue weighted by Gasteiger charge is 2.30. The third-order valence-electron chi connectivity index (χ3n) is 2.80. The second kappa shape index (κ2) is 7.02. The molecule has 21 heavy (non-hydrogen) atoms. The number of benzene rings is 1. The van der Waals surface area contributed by atoms with E-state index in [2.05, 4.69) is 10.3 Å². The van der Waals surface area contributed by atoms with Gasteiger partial charge in [0.25, 0.3) is 0 Å². The van der Waals surface area contributed by atoms with Gasteiger partial charge < -0.3 is 10.1 Å². The van der Waals surface area contributed by atoms with Gasteiger partial charge in [-0.05, 0) is 12.1 Å². The van der Waals surface area contributed by atoms with Crippen LogP contribution in [0.4, 0.5) is 13.2 Å². The van der Waals surface area contributed by atoms with Crippen LogP contribution in [0.1, 0.15) is 10.6 Å². The van der Waals surface area contributed by atoms with Gasteiger partial charge >= 0.3 is 6.18 Å². The van der Waals surface area contributed by atoms with Crippen LogP contribution in [0.15, 0.2) is 29.6 Å². The first kappa shape index (κ1) is 15.9. The number of nitrogens with one attached hydrogen (secondary N) is 1. The maximum Gasteiger partial charge on any atom is 0.416 e. The van der Waals surface area contributed by atoms with E-state index < -0.39 is 11.7 Å². The number of halogens is 3. The first-order valence-corrected chi connectivity index (χ1v) is 7.20. The van der Waals surface area contributed by atoms with Gasteiger partial charge in [-0.3, -0.25) is 0 Å². The number of thiazole rings is 1. The molecule has 0 saturated heterocycles. The number of hydrogen-bond acceptors (Lipinski definition) is 4. The number of hydrogen-bond donors (Lipinski definition) is 1. The first-order valence-electron chi connectivity index (χ1n) is 6.32. The molecule has 2 aromatic rings. The van der Waals surface area contributed by atoms with Crippen LogP contribution in [0.2, 0.25) is 0 Å². The van der Waals surface area contributed by atoms with Crippen molar-refractivity contribution in [3.8, 4) is 11.3 Å². The van der Waals surface area contributed by atoms with E-state index in [0.29, 0.717) is 31.0 Å². The standard InChI is InChI=1S/C14H15F3N2OS/c1-20-6-5-18-8-13-19-12(9-21-13)10-3-2-4-11(7-10)14(15,16)17/h2-4,7,9,18H,5-6,8H2,1H3. The van der Waals surface area contributed by atoms with Crippen LogP contribution in [-0.4, -0.2) is 25.2 Å². The number of aromatic nitrogens is 1. The molecule has 7 heteroatoms. The summed E-state index contributed by atoms with van der Waals surface area (Å²) >= 11 is 1.42. The lowest BCUT2D eigenvalue weighted by Gasteiger charge is -2.07. The maximum absolute atomic E-state index is 12.7. The molecule has 1 aromatic heterocycles. The molecule has 0 aliphatic heterocycles. The van der Waals surface area contributed by atoms with Gasteiger partial charge in [-0.2, -0.15) is 13.2 Å². The lowest BCUT2D eigenvalue weighted by molar-refractivity contribution is -0.137. The Kier molecular flexibility index (Phi) is 5.33. The Morgan fingerprint density at radius 1 is 1.33 bits per heavy atom. The zero-order valence-corrected chi connectivity index (χ0v) is 12.2. The summed E-state index contributed by atoms with van der Waals surface area (Å²) in [5, 5.41) is 5.74. The molecular weight excluding hydrogens is 301 g/mol. The average molecular weight is 316 g/mol. The molecular formula is C14H15F3N2OS. The number of rotatable bonds is 6. The minimum absolute atomic E-state index is 0.476. The Morgan fingerprint density at radius 3 is 2.86 bits per heavy atom. The Hall–Kier alpha value is -1.44. The molecule has 0 aliphatic carbocycles. The molecule has 0 amide bonds. The third kappa shape index (κ3) is 4.52. The fourth-order valence-electron chi connectivity index (χ4n) is 1.75. The Balaban J connectivity index is 2.07. The second-order valence-corrected chi connectivity index (χ2v) is 5.32. The van der Waals surface area contributed by atoms with Crippen molar-refractivity contribution in [2.24, 2.45) is 0 Å². The van der Waals surface area contributed by atoms with Gasteiger partial charge in [0.05, 0.1) is 17.9 Å². The Labute approximate surface area is 124 Å². The molecule has 0 bridgehead atoms. The normalized spacial score (nSPS) is 11.8. The number of nitrogens with zero attached hydrogens (tertiary/aromatic N) is 1. The molecule has 0 atom stereocenters. The van der Waals surface area contributed by atoms with E-state index in [9.17, 15) is 13.2 Å². The van der Waals surface area contributed by atoms with Crippen molar-refractivity contribution >= 4 is 11.3 Å². The lowest BCUT2D eigenvalue weighted by Crippen LogP contribution is -2.18. The van der Waals surface area contributed by atoms with Crippen molar-refractivity contribution in [3.05, 3.63) is 40.2 Å². The topological polar surface area (TPSA) is 34.1 Å². The first-order chi connectivity index (χ1) is 10.0. The van der Waals surface area contributed by atoms with E-state index >= 15 is 0 Å². The summed E-state index contributed by atoms with van der Waals surface area (Å²) in [6.07, 6.45) is -4.34. The van der Waals surface area contributed by atoms with Crippen LogP contribution in [0, 0.1) is 0 Å². The zero-order valence-electron chi connectivity index (χ0n) is 11.4. The zero-order chi connectivity index (χ0) is 15.3. The van der Waals surface area contributed by atoms with Gasteiger partial charge in [-0.25, -0.2) is 4.98 Å². The summed E-state index contributed by atoms with van der Waals surface area (Å²) < 4.78 is 43.0. The van der Waals surface area contributed by atoms with Crippen molar-refractivity contribution in [1.29, 1.82) is 0 Å². The summed E-state index contributed by atoms with van der Waals surface area (Å²) in [4.78, 5) is 4.35. The molecule has 0 fully saturated rings. The minimum atomic E-state index is -4.34. The van der Waals surface area contributed by atoms with Crippen LogP contribution in [-0.2, 0) is 17.5 Å². The Bertz CT molecular complexity index is 584. The largest absolute Gasteiger partial charge is 0.416 e. The van der Waals surface area contributed by atoms with Crippen molar-refractivity contribution < 1.29 is 17.9 Å². The molecule has 0 spiro atoms. The second-order valence-electron chi connectivity index (χ2n) is 4.37. The lowest BCUT2D eigenvalue weighted by atomic mass is 10.1. The van der Waals surface area contributed by atoms with Crippen LogP contribution in [0.25, 0.3) is 11.3 Å². The predicted octanol–water partition coefficient (Wildman–Crippen LogP) is 3.56. The minimum Gasteiger partial charge on any atom is -0.383 e. The SMILES string of the molecule is COCCNCc1nc(-c2cccc(C(F)(F)F)c2)cs1. The smallest absolute Gasteiger partial charge is 0.383 e. The Morgan fingerprint density at radius 2 is 2.14 bits per heavy atom. The van der Waals surface area contributed by atoms with Crippen LogP contribution in [0.5, 0.6) is 0 Å². The predicted molar refractivity (Wildman–Crippen MR) is 76.1 cm³/mol. The van der Waals surface area contributed by atoms with E-state index in [1.807, 2.05) is 0 Å². The van der Waals surface area contributed by atoms with E-state index in [0.717, 1.165) is 17.1 Å². The number of ether oxygens (including phenoxy) is 1. The van der Waals surface area contributed by atoms with Gasteiger partial charge in [0.2, 0.25) is 0 Å². The highest BCUT2D eigenvalue weighted by molar-refractivity contribution is 7.09. The van der Waals surface area contributed by atoms with Gasteiger partial charge in [-0.1, -0.05) is 12.1 Å².